The zero-order valence-electron chi connectivity index (χ0n) is 19.2. The molecule has 0 aliphatic carbocycles. The number of halogens is 2. The summed E-state index contributed by atoms with van der Waals surface area (Å²) in [5.74, 6) is -0.855. The highest BCUT2D eigenvalue weighted by atomic mass is 19.1. The molecule has 0 aromatic heterocycles. The van der Waals surface area contributed by atoms with Crippen LogP contribution < -0.4 is 4.74 Å². The van der Waals surface area contributed by atoms with E-state index in [-0.39, 0.29) is 29.7 Å². The maximum absolute atomic E-state index is 14.2. The number of rotatable bonds is 6. The van der Waals surface area contributed by atoms with Crippen LogP contribution in [0, 0.1) is 11.6 Å². The van der Waals surface area contributed by atoms with Gasteiger partial charge in [-0.15, -0.1) is 0 Å². The Hall–Kier alpha value is -2.51. The van der Waals surface area contributed by atoms with Crippen molar-refractivity contribution >= 4 is 5.91 Å². The third-order valence-corrected chi connectivity index (χ3v) is 6.55. The molecule has 2 unspecified atom stereocenters. The first kappa shape index (κ1) is 23.6. The van der Waals surface area contributed by atoms with Gasteiger partial charge in [0.15, 0.2) is 11.6 Å². The van der Waals surface area contributed by atoms with Gasteiger partial charge in [0.25, 0.3) is 5.91 Å². The van der Waals surface area contributed by atoms with E-state index in [1.54, 1.807) is 30.0 Å². The van der Waals surface area contributed by atoms with Gasteiger partial charge >= 0.3 is 0 Å². The number of amides is 1. The molecule has 7 heteroatoms. The minimum Gasteiger partial charge on any atom is -0.491 e. The molecule has 2 aromatic rings. The molecule has 2 aliphatic heterocycles. The van der Waals surface area contributed by atoms with Crippen molar-refractivity contribution in [3.05, 3.63) is 65.2 Å². The van der Waals surface area contributed by atoms with Crippen molar-refractivity contribution in [2.75, 3.05) is 26.3 Å². The van der Waals surface area contributed by atoms with Gasteiger partial charge < -0.3 is 19.1 Å². The molecule has 4 rings (SSSR count). The first-order valence-electron chi connectivity index (χ1n) is 11.7. The van der Waals surface area contributed by atoms with Gasteiger partial charge in [-0.25, -0.2) is 8.78 Å². The molecule has 0 radical (unpaired) electrons. The Balaban J connectivity index is 1.45. The zero-order chi connectivity index (χ0) is 23.4. The lowest BCUT2D eigenvalue weighted by atomic mass is 9.80. The summed E-state index contributed by atoms with van der Waals surface area (Å²) in [5.41, 5.74) is 0.842. The van der Waals surface area contributed by atoms with Crippen molar-refractivity contribution in [2.45, 2.75) is 57.3 Å². The van der Waals surface area contributed by atoms with E-state index in [0.29, 0.717) is 44.7 Å². The number of ether oxygens (including phenoxy) is 3. The van der Waals surface area contributed by atoms with Crippen molar-refractivity contribution < 1.29 is 27.8 Å². The number of piperidine rings is 1. The number of hydrogen-bond donors (Lipinski definition) is 0. The largest absolute Gasteiger partial charge is 0.491 e. The van der Waals surface area contributed by atoms with Crippen LogP contribution in [0.25, 0.3) is 0 Å². The Morgan fingerprint density at radius 2 is 1.82 bits per heavy atom. The average molecular weight is 460 g/mol. The van der Waals surface area contributed by atoms with Gasteiger partial charge in [0.2, 0.25) is 0 Å². The molecule has 2 aliphatic rings. The molecule has 0 saturated carbocycles. The summed E-state index contributed by atoms with van der Waals surface area (Å²) in [4.78, 5) is 14.7. The lowest BCUT2D eigenvalue weighted by Crippen LogP contribution is -2.52. The molecule has 1 amide bonds. The summed E-state index contributed by atoms with van der Waals surface area (Å²) < 4.78 is 45.5. The molecule has 2 atom stereocenters. The molecular weight excluding hydrogens is 428 g/mol. The second-order valence-corrected chi connectivity index (χ2v) is 8.73. The molecule has 2 heterocycles. The van der Waals surface area contributed by atoms with E-state index in [1.807, 2.05) is 6.92 Å². The molecule has 5 nitrogen and oxygen atoms in total. The third kappa shape index (κ3) is 5.36. The number of carbonyl (C=O) groups excluding carboxylic acids is 1. The third-order valence-electron chi connectivity index (χ3n) is 6.55. The predicted molar refractivity (Wildman–Crippen MR) is 120 cm³/mol. The zero-order valence-corrected chi connectivity index (χ0v) is 19.2. The van der Waals surface area contributed by atoms with Crippen LogP contribution in [-0.2, 0) is 9.47 Å². The van der Waals surface area contributed by atoms with E-state index < -0.39 is 11.4 Å². The number of carbonyl (C=O) groups is 1. The highest BCUT2D eigenvalue weighted by Gasteiger charge is 2.45. The van der Waals surface area contributed by atoms with Crippen molar-refractivity contribution in [1.82, 2.24) is 4.90 Å². The lowest BCUT2D eigenvalue weighted by molar-refractivity contribution is -0.190. The minimum atomic E-state index is -0.534. The van der Waals surface area contributed by atoms with E-state index in [9.17, 15) is 13.6 Å². The minimum absolute atomic E-state index is 0.0428. The van der Waals surface area contributed by atoms with E-state index in [2.05, 4.69) is 0 Å². The summed E-state index contributed by atoms with van der Waals surface area (Å²) in [6, 6.07) is 10.8. The summed E-state index contributed by atoms with van der Waals surface area (Å²) in [6.07, 6.45) is 2.67. The van der Waals surface area contributed by atoms with Gasteiger partial charge in [-0.1, -0.05) is 12.1 Å². The van der Waals surface area contributed by atoms with Gasteiger partial charge in [0.1, 0.15) is 5.82 Å². The molecule has 1 spiro atoms. The fourth-order valence-electron chi connectivity index (χ4n) is 4.91. The summed E-state index contributed by atoms with van der Waals surface area (Å²) >= 11 is 0. The van der Waals surface area contributed by atoms with Crippen LogP contribution in [-0.4, -0.2) is 48.8 Å². The SMILES string of the molecule is CCOc1ccc(C(=O)N2CCC3(CC2)CC(OCC)CC(c2ccc(F)cc2)O3)cc1F. The second-order valence-electron chi connectivity index (χ2n) is 8.73. The Morgan fingerprint density at radius 1 is 1.09 bits per heavy atom. The Morgan fingerprint density at radius 3 is 2.45 bits per heavy atom. The van der Waals surface area contributed by atoms with Crippen molar-refractivity contribution in [3.8, 4) is 5.75 Å². The first-order valence-corrected chi connectivity index (χ1v) is 11.7. The summed E-state index contributed by atoms with van der Waals surface area (Å²) in [7, 11) is 0. The van der Waals surface area contributed by atoms with Gasteiger partial charge in [0, 0.05) is 38.1 Å². The maximum atomic E-state index is 14.2. The Kier molecular flexibility index (Phi) is 7.29. The monoisotopic (exact) mass is 459 g/mol. The van der Waals surface area contributed by atoms with Gasteiger partial charge in [0.05, 0.1) is 24.4 Å². The van der Waals surface area contributed by atoms with Crippen LogP contribution in [0.3, 0.4) is 0 Å². The van der Waals surface area contributed by atoms with Crippen LogP contribution in [0.4, 0.5) is 8.78 Å². The van der Waals surface area contributed by atoms with Crippen LogP contribution in [0.15, 0.2) is 42.5 Å². The van der Waals surface area contributed by atoms with E-state index in [4.69, 9.17) is 14.2 Å². The first-order chi connectivity index (χ1) is 15.9. The average Bonchev–Trinajstić information content (AvgIpc) is 2.81. The van der Waals surface area contributed by atoms with Crippen LogP contribution in [0.2, 0.25) is 0 Å². The standard InChI is InChI=1S/C26H31F2NO4/c1-3-31-21-16-24(18-5-8-20(27)9-6-18)33-26(17-21)11-13-29(14-12-26)25(30)19-7-10-23(32-4-2)22(28)15-19/h5-10,15,21,24H,3-4,11-14,16-17H2,1-2H3. The predicted octanol–water partition coefficient (Wildman–Crippen LogP) is 5.30. The van der Waals surface area contributed by atoms with Crippen LogP contribution in [0.1, 0.15) is 61.6 Å². The van der Waals surface area contributed by atoms with Gasteiger partial charge in [-0.3, -0.25) is 4.79 Å². The van der Waals surface area contributed by atoms with Gasteiger partial charge in [-0.05, 0) is 62.6 Å². The second kappa shape index (κ2) is 10.2. The Labute approximate surface area is 193 Å². The van der Waals surface area contributed by atoms with E-state index in [1.165, 1.54) is 24.3 Å². The highest BCUT2D eigenvalue weighted by Crippen LogP contribution is 2.44. The molecule has 2 aromatic carbocycles. The molecule has 0 bridgehead atoms. The summed E-state index contributed by atoms with van der Waals surface area (Å²) in [6.45, 7) is 5.77. The van der Waals surface area contributed by atoms with Crippen LogP contribution >= 0.6 is 0 Å². The maximum Gasteiger partial charge on any atom is 0.253 e. The van der Waals surface area contributed by atoms with Crippen LogP contribution in [0.5, 0.6) is 5.75 Å². The molecular formula is C26H31F2NO4. The fourth-order valence-corrected chi connectivity index (χ4v) is 4.91. The lowest BCUT2D eigenvalue weighted by Gasteiger charge is -2.48. The quantitative estimate of drug-likeness (QED) is 0.589. The normalized spacial score (nSPS) is 22.4. The molecule has 0 N–H and O–H groups in total. The van der Waals surface area contributed by atoms with Crippen molar-refractivity contribution in [3.63, 3.8) is 0 Å². The number of nitrogens with zero attached hydrogens (tertiary/aromatic N) is 1. The molecule has 178 valence electrons. The van der Waals surface area contributed by atoms with Crippen molar-refractivity contribution in [2.24, 2.45) is 0 Å². The molecule has 33 heavy (non-hydrogen) atoms. The number of hydrogen-bond acceptors (Lipinski definition) is 4. The molecule has 2 saturated heterocycles. The van der Waals surface area contributed by atoms with Crippen molar-refractivity contribution in [1.29, 1.82) is 0 Å². The molecule has 2 fully saturated rings. The number of benzene rings is 2. The smallest absolute Gasteiger partial charge is 0.253 e. The Bertz CT molecular complexity index is 957. The number of likely N-dealkylation sites (tertiary alicyclic amines) is 1. The van der Waals surface area contributed by atoms with E-state index in [0.717, 1.165) is 18.4 Å². The van der Waals surface area contributed by atoms with Gasteiger partial charge in [-0.2, -0.15) is 0 Å². The fraction of sp³-hybridized carbons (Fsp3) is 0.500. The highest BCUT2D eigenvalue weighted by molar-refractivity contribution is 5.94. The van der Waals surface area contributed by atoms with E-state index >= 15 is 0 Å². The topological polar surface area (TPSA) is 48.0 Å². The summed E-state index contributed by atoms with van der Waals surface area (Å²) in [5, 5.41) is 0.